The summed E-state index contributed by atoms with van der Waals surface area (Å²) < 4.78 is 0. The fourth-order valence-electron chi connectivity index (χ4n) is 2.24. The van der Waals surface area contributed by atoms with Crippen LogP contribution in [0.25, 0.3) is 0 Å². The van der Waals surface area contributed by atoms with Crippen LogP contribution in [-0.2, 0) is 9.59 Å². The second-order valence-corrected chi connectivity index (χ2v) is 5.54. The molecule has 0 heterocycles. The standard InChI is InChI=1S/C17H30O4/c1-2-3-4-5-6-7-8-9-10-11-12-13-14-15(16(18)19)17(20)21/h6-7,15H,2-5,8-14H2,1H3,(H,18,19)(H,20,21)/b7-6+. The van der Waals surface area contributed by atoms with E-state index in [0.29, 0.717) is 6.42 Å². The van der Waals surface area contributed by atoms with Gasteiger partial charge in [0.15, 0.2) is 5.92 Å². The predicted molar refractivity (Wildman–Crippen MR) is 84.4 cm³/mol. The molecule has 0 atom stereocenters. The number of rotatable bonds is 14. The van der Waals surface area contributed by atoms with Gasteiger partial charge in [0.25, 0.3) is 0 Å². The highest BCUT2D eigenvalue weighted by Crippen LogP contribution is 2.13. The Morgan fingerprint density at radius 1 is 0.810 bits per heavy atom. The van der Waals surface area contributed by atoms with Crippen LogP contribution >= 0.6 is 0 Å². The van der Waals surface area contributed by atoms with Crippen LogP contribution in [0, 0.1) is 5.92 Å². The van der Waals surface area contributed by atoms with Crippen molar-refractivity contribution in [1.82, 2.24) is 0 Å². The van der Waals surface area contributed by atoms with Crippen molar-refractivity contribution in [3.8, 4) is 0 Å². The van der Waals surface area contributed by atoms with Gasteiger partial charge in [-0.1, -0.05) is 57.6 Å². The molecule has 0 aromatic heterocycles. The van der Waals surface area contributed by atoms with Gasteiger partial charge in [-0.3, -0.25) is 9.59 Å². The van der Waals surface area contributed by atoms with E-state index in [9.17, 15) is 9.59 Å². The molecule has 0 bridgehead atoms. The van der Waals surface area contributed by atoms with Crippen molar-refractivity contribution in [1.29, 1.82) is 0 Å². The molecule has 0 amide bonds. The second-order valence-electron chi connectivity index (χ2n) is 5.54. The molecular formula is C17H30O4. The fourth-order valence-corrected chi connectivity index (χ4v) is 2.24. The Hall–Kier alpha value is -1.32. The maximum absolute atomic E-state index is 10.7. The molecular weight excluding hydrogens is 268 g/mol. The third-order valence-electron chi connectivity index (χ3n) is 3.60. The van der Waals surface area contributed by atoms with E-state index in [0.717, 1.165) is 32.1 Å². The normalized spacial score (nSPS) is 11.3. The molecule has 0 radical (unpaired) electrons. The first kappa shape index (κ1) is 19.7. The lowest BCUT2D eigenvalue weighted by Gasteiger charge is -2.06. The maximum Gasteiger partial charge on any atom is 0.317 e. The molecule has 0 aliphatic carbocycles. The van der Waals surface area contributed by atoms with E-state index in [1.807, 2.05) is 0 Å². The molecule has 4 heteroatoms. The monoisotopic (exact) mass is 298 g/mol. The first-order valence-electron chi connectivity index (χ1n) is 8.20. The highest BCUT2D eigenvalue weighted by atomic mass is 16.4. The molecule has 0 saturated heterocycles. The smallest absolute Gasteiger partial charge is 0.317 e. The predicted octanol–water partition coefficient (Wildman–Crippen LogP) is 4.64. The van der Waals surface area contributed by atoms with Gasteiger partial charge in [0, 0.05) is 0 Å². The lowest BCUT2D eigenvalue weighted by molar-refractivity contribution is -0.154. The summed E-state index contributed by atoms with van der Waals surface area (Å²) in [7, 11) is 0. The molecule has 0 saturated carbocycles. The van der Waals surface area contributed by atoms with Gasteiger partial charge in [-0.05, 0) is 32.1 Å². The molecule has 0 fully saturated rings. The topological polar surface area (TPSA) is 74.6 Å². The Bertz CT molecular complexity index is 296. The Labute approximate surface area is 128 Å². The van der Waals surface area contributed by atoms with Gasteiger partial charge < -0.3 is 10.2 Å². The Morgan fingerprint density at radius 2 is 1.29 bits per heavy atom. The second kappa shape index (κ2) is 13.7. The van der Waals surface area contributed by atoms with Crippen LogP contribution in [0.15, 0.2) is 12.2 Å². The zero-order valence-corrected chi connectivity index (χ0v) is 13.2. The molecule has 0 aliphatic rings. The van der Waals surface area contributed by atoms with E-state index in [4.69, 9.17) is 10.2 Å². The summed E-state index contributed by atoms with van der Waals surface area (Å²) in [6.07, 6.45) is 15.8. The van der Waals surface area contributed by atoms with Crippen LogP contribution in [0.3, 0.4) is 0 Å². The van der Waals surface area contributed by atoms with Crippen molar-refractivity contribution in [2.45, 2.75) is 77.6 Å². The summed E-state index contributed by atoms with van der Waals surface area (Å²) in [4.78, 5) is 21.4. The summed E-state index contributed by atoms with van der Waals surface area (Å²) in [6, 6.07) is 0. The number of aliphatic carboxylic acids is 2. The molecule has 0 spiro atoms. The van der Waals surface area contributed by atoms with E-state index in [1.54, 1.807) is 0 Å². The Kier molecular flexibility index (Phi) is 12.8. The molecule has 0 rings (SSSR count). The average Bonchev–Trinajstić information content (AvgIpc) is 2.43. The van der Waals surface area contributed by atoms with Gasteiger partial charge in [0.1, 0.15) is 0 Å². The van der Waals surface area contributed by atoms with Crippen molar-refractivity contribution in [2.24, 2.45) is 5.92 Å². The first-order chi connectivity index (χ1) is 10.1. The molecule has 0 unspecified atom stereocenters. The van der Waals surface area contributed by atoms with Crippen LogP contribution in [-0.4, -0.2) is 22.2 Å². The first-order valence-corrected chi connectivity index (χ1v) is 8.20. The third kappa shape index (κ3) is 12.2. The van der Waals surface area contributed by atoms with E-state index in [-0.39, 0.29) is 6.42 Å². The van der Waals surface area contributed by atoms with Crippen LogP contribution in [0.5, 0.6) is 0 Å². The number of hydrogen-bond acceptors (Lipinski definition) is 2. The number of carboxylic acids is 2. The van der Waals surface area contributed by atoms with Crippen molar-refractivity contribution in [3.05, 3.63) is 12.2 Å². The highest BCUT2D eigenvalue weighted by Gasteiger charge is 2.24. The molecule has 21 heavy (non-hydrogen) atoms. The van der Waals surface area contributed by atoms with Crippen LogP contribution < -0.4 is 0 Å². The highest BCUT2D eigenvalue weighted by molar-refractivity contribution is 5.92. The quantitative estimate of drug-likeness (QED) is 0.278. The lowest BCUT2D eigenvalue weighted by Crippen LogP contribution is -2.23. The molecule has 4 nitrogen and oxygen atoms in total. The molecule has 0 aromatic carbocycles. The van der Waals surface area contributed by atoms with Crippen molar-refractivity contribution in [2.75, 3.05) is 0 Å². The Morgan fingerprint density at radius 3 is 1.81 bits per heavy atom. The summed E-state index contributed by atoms with van der Waals surface area (Å²) in [5.41, 5.74) is 0. The average molecular weight is 298 g/mol. The molecule has 0 aromatic rings. The third-order valence-corrected chi connectivity index (χ3v) is 3.60. The number of carboxylic acid groups (broad SMARTS) is 2. The van der Waals surface area contributed by atoms with E-state index >= 15 is 0 Å². The van der Waals surface area contributed by atoms with Gasteiger partial charge in [-0.25, -0.2) is 0 Å². The minimum atomic E-state index is -1.24. The number of allylic oxidation sites excluding steroid dienone is 2. The van der Waals surface area contributed by atoms with Gasteiger partial charge >= 0.3 is 11.9 Å². The van der Waals surface area contributed by atoms with E-state index < -0.39 is 17.9 Å². The SMILES string of the molecule is CCCCC/C=C/CCCCCCCC(C(=O)O)C(=O)O. The summed E-state index contributed by atoms with van der Waals surface area (Å²) in [5.74, 6) is -3.69. The van der Waals surface area contributed by atoms with E-state index in [2.05, 4.69) is 19.1 Å². The van der Waals surface area contributed by atoms with Crippen molar-refractivity contribution in [3.63, 3.8) is 0 Å². The fraction of sp³-hybridized carbons (Fsp3) is 0.765. The number of carbonyl (C=O) groups is 2. The van der Waals surface area contributed by atoms with Gasteiger partial charge in [-0.15, -0.1) is 0 Å². The minimum Gasteiger partial charge on any atom is -0.481 e. The number of unbranched alkanes of at least 4 members (excludes halogenated alkanes) is 8. The van der Waals surface area contributed by atoms with Crippen LogP contribution in [0.2, 0.25) is 0 Å². The van der Waals surface area contributed by atoms with Crippen molar-refractivity contribution < 1.29 is 19.8 Å². The maximum atomic E-state index is 10.7. The molecule has 122 valence electrons. The van der Waals surface area contributed by atoms with Crippen LogP contribution in [0.1, 0.15) is 77.6 Å². The molecule has 0 aliphatic heterocycles. The van der Waals surface area contributed by atoms with E-state index in [1.165, 1.54) is 25.7 Å². The van der Waals surface area contributed by atoms with Crippen molar-refractivity contribution >= 4 is 11.9 Å². The zero-order chi connectivity index (χ0) is 15.9. The van der Waals surface area contributed by atoms with Gasteiger partial charge in [-0.2, -0.15) is 0 Å². The summed E-state index contributed by atoms with van der Waals surface area (Å²) in [5, 5.41) is 17.5. The lowest BCUT2D eigenvalue weighted by atomic mass is 10.0. The summed E-state index contributed by atoms with van der Waals surface area (Å²) >= 11 is 0. The minimum absolute atomic E-state index is 0.238. The van der Waals surface area contributed by atoms with Gasteiger partial charge in [0.2, 0.25) is 0 Å². The van der Waals surface area contributed by atoms with Gasteiger partial charge in [0.05, 0.1) is 0 Å². The largest absolute Gasteiger partial charge is 0.481 e. The number of hydrogen-bond donors (Lipinski definition) is 2. The zero-order valence-electron chi connectivity index (χ0n) is 13.2. The molecule has 2 N–H and O–H groups in total. The summed E-state index contributed by atoms with van der Waals surface area (Å²) in [6.45, 7) is 2.21. The van der Waals surface area contributed by atoms with Crippen LogP contribution in [0.4, 0.5) is 0 Å². The Balaban J connectivity index is 3.40.